The van der Waals surface area contributed by atoms with Gasteiger partial charge in [-0.05, 0) is 46.7 Å². The van der Waals surface area contributed by atoms with Gasteiger partial charge in [-0.25, -0.2) is 9.48 Å². The quantitative estimate of drug-likeness (QED) is 0.609. The van der Waals surface area contributed by atoms with E-state index in [-0.39, 0.29) is 11.8 Å². The van der Waals surface area contributed by atoms with Gasteiger partial charge < -0.3 is 16.0 Å². The van der Waals surface area contributed by atoms with Crippen LogP contribution < -0.4 is 16.0 Å². The second-order valence-corrected chi connectivity index (χ2v) is 6.48. The summed E-state index contributed by atoms with van der Waals surface area (Å²) in [6.07, 6.45) is 1.47. The Kier molecular flexibility index (Phi) is 5.95. The fraction of sp³-hybridized carbons (Fsp3) is 0.211. The molecule has 9 nitrogen and oxygen atoms in total. The lowest BCUT2D eigenvalue weighted by Crippen LogP contribution is -2.48. The molecule has 0 aliphatic carbocycles. The van der Waals surface area contributed by atoms with E-state index in [9.17, 15) is 9.59 Å². The number of rotatable bonds is 6. The van der Waals surface area contributed by atoms with Gasteiger partial charge in [0, 0.05) is 11.4 Å². The van der Waals surface area contributed by atoms with E-state index >= 15 is 0 Å². The molecule has 0 bridgehead atoms. The zero-order chi connectivity index (χ0) is 19.9. The van der Waals surface area contributed by atoms with E-state index in [1.165, 1.54) is 11.0 Å². The Morgan fingerprint density at radius 2 is 1.71 bits per heavy atom. The van der Waals surface area contributed by atoms with Gasteiger partial charge in [0.25, 0.3) is 0 Å². The number of tetrazole rings is 1. The van der Waals surface area contributed by atoms with Crippen molar-refractivity contribution in [3.05, 3.63) is 60.9 Å². The molecule has 3 amide bonds. The van der Waals surface area contributed by atoms with Crippen LogP contribution in [0.4, 0.5) is 16.2 Å². The first-order chi connectivity index (χ1) is 13.5. The molecule has 0 saturated carbocycles. The van der Waals surface area contributed by atoms with Gasteiger partial charge in [-0.15, -0.1) is 5.10 Å². The van der Waals surface area contributed by atoms with Crippen LogP contribution in [0.3, 0.4) is 0 Å². The minimum absolute atomic E-state index is 0.107. The van der Waals surface area contributed by atoms with Gasteiger partial charge in [-0.2, -0.15) is 0 Å². The summed E-state index contributed by atoms with van der Waals surface area (Å²) in [7, 11) is 0. The number of amides is 3. The maximum absolute atomic E-state index is 12.7. The first-order valence-electron chi connectivity index (χ1n) is 8.80. The van der Waals surface area contributed by atoms with Crippen LogP contribution in [0.15, 0.2) is 60.9 Å². The molecule has 144 valence electrons. The van der Waals surface area contributed by atoms with Crippen LogP contribution in [-0.4, -0.2) is 38.2 Å². The summed E-state index contributed by atoms with van der Waals surface area (Å²) < 4.78 is 1.49. The number of hydrogen-bond donors (Lipinski definition) is 3. The van der Waals surface area contributed by atoms with Crippen LogP contribution in [-0.2, 0) is 4.79 Å². The molecule has 1 atom stereocenters. The molecule has 0 radical (unpaired) electrons. The third-order valence-electron chi connectivity index (χ3n) is 3.99. The molecule has 0 spiro atoms. The second kappa shape index (κ2) is 8.76. The molecule has 28 heavy (non-hydrogen) atoms. The number of carbonyl (C=O) groups is 2. The van der Waals surface area contributed by atoms with Gasteiger partial charge in [0.1, 0.15) is 12.4 Å². The van der Waals surface area contributed by atoms with Crippen molar-refractivity contribution in [2.45, 2.75) is 19.9 Å². The number of carbonyl (C=O) groups excluding carboxylic acids is 2. The molecule has 0 aliphatic rings. The van der Waals surface area contributed by atoms with Crippen LogP contribution in [0.2, 0.25) is 0 Å². The van der Waals surface area contributed by atoms with E-state index in [1.807, 2.05) is 38.1 Å². The lowest BCUT2D eigenvalue weighted by Gasteiger charge is -2.22. The first kappa shape index (κ1) is 19.0. The molecule has 1 unspecified atom stereocenters. The maximum Gasteiger partial charge on any atom is 0.319 e. The van der Waals surface area contributed by atoms with Crippen molar-refractivity contribution >= 4 is 23.3 Å². The topological polar surface area (TPSA) is 114 Å². The summed E-state index contributed by atoms with van der Waals surface area (Å²) in [6, 6.07) is 15.0. The second-order valence-electron chi connectivity index (χ2n) is 6.48. The van der Waals surface area contributed by atoms with E-state index in [4.69, 9.17) is 0 Å². The number of hydrogen-bond acceptors (Lipinski definition) is 5. The summed E-state index contributed by atoms with van der Waals surface area (Å²) in [6.45, 7) is 3.73. The highest BCUT2D eigenvalue weighted by atomic mass is 16.2. The number of para-hydroxylation sites is 1. The van der Waals surface area contributed by atoms with Gasteiger partial charge in [-0.3, -0.25) is 4.79 Å². The highest BCUT2D eigenvalue weighted by molar-refractivity contribution is 5.99. The van der Waals surface area contributed by atoms with Gasteiger partial charge in [0.15, 0.2) is 0 Å². The number of benzene rings is 2. The number of nitrogens with zero attached hydrogens (tertiary/aromatic N) is 4. The molecule has 3 rings (SSSR count). The fourth-order valence-corrected chi connectivity index (χ4v) is 2.59. The Morgan fingerprint density at radius 3 is 2.39 bits per heavy atom. The van der Waals surface area contributed by atoms with Crippen molar-refractivity contribution in [3.63, 3.8) is 0 Å². The van der Waals surface area contributed by atoms with Crippen LogP contribution in [0.5, 0.6) is 0 Å². The predicted molar refractivity (Wildman–Crippen MR) is 105 cm³/mol. The van der Waals surface area contributed by atoms with E-state index in [2.05, 4.69) is 31.5 Å². The van der Waals surface area contributed by atoms with Crippen molar-refractivity contribution in [2.75, 3.05) is 10.6 Å². The smallest absolute Gasteiger partial charge is 0.319 e. The molecule has 3 aromatic rings. The van der Waals surface area contributed by atoms with E-state index in [1.54, 1.807) is 30.3 Å². The Morgan fingerprint density at radius 1 is 0.964 bits per heavy atom. The molecule has 3 N–H and O–H groups in total. The summed E-state index contributed by atoms with van der Waals surface area (Å²) >= 11 is 0. The Labute approximate surface area is 162 Å². The monoisotopic (exact) mass is 379 g/mol. The van der Waals surface area contributed by atoms with E-state index in [0.29, 0.717) is 17.1 Å². The van der Waals surface area contributed by atoms with Crippen molar-refractivity contribution in [2.24, 2.45) is 5.92 Å². The summed E-state index contributed by atoms with van der Waals surface area (Å²) in [5.41, 5.74) is 1.93. The summed E-state index contributed by atoms with van der Waals surface area (Å²) in [4.78, 5) is 25.0. The Hall–Kier alpha value is -3.75. The normalized spacial score (nSPS) is 11.7. The molecule has 0 aliphatic heterocycles. The average Bonchev–Trinajstić information content (AvgIpc) is 3.22. The molecule has 1 aromatic heterocycles. The minimum Gasteiger partial charge on any atom is -0.326 e. The lowest BCUT2D eigenvalue weighted by molar-refractivity contribution is -0.118. The van der Waals surface area contributed by atoms with Crippen LogP contribution in [0, 0.1) is 5.92 Å². The fourth-order valence-electron chi connectivity index (χ4n) is 2.59. The van der Waals surface area contributed by atoms with Gasteiger partial charge in [0.05, 0.1) is 5.69 Å². The minimum atomic E-state index is -0.708. The third kappa shape index (κ3) is 4.91. The number of nitrogens with one attached hydrogen (secondary N) is 3. The summed E-state index contributed by atoms with van der Waals surface area (Å²) in [5, 5.41) is 19.3. The number of aromatic nitrogens is 4. The Bertz CT molecular complexity index is 926. The largest absolute Gasteiger partial charge is 0.326 e. The molecule has 1 heterocycles. The molecule has 9 heteroatoms. The first-order valence-corrected chi connectivity index (χ1v) is 8.80. The van der Waals surface area contributed by atoms with Gasteiger partial charge in [-0.1, -0.05) is 38.1 Å². The van der Waals surface area contributed by atoms with Crippen LogP contribution in [0.1, 0.15) is 13.8 Å². The highest BCUT2D eigenvalue weighted by Crippen LogP contribution is 2.15. The Balaban J connectivity index is 1.66. The SMILES string of the molecule is CC(C)C(NC(=O)Nc1ccccc1)C(=O)Nc1cccc(-n2cnnn2)c1. The molecule has 0 fully saturated rings. The van der Waals surface area contributed by atoms with Crippen molar-refractivity contribution < 1.29 is 9.59 Å². The number of anilines is 2. The zero-order valence-electron chi connectivity index (χ0n) is 15.5. The maximum atomic E-state index is 12.7. The van der Waals surface area contributed by atoms with Crippen molar-refractivity contribution in [1.29, 1.82) is 0 Å². The van der Waals surface area contributed by atoms with E-state index in [0.717, 1.165) is 0 Å². The van der Waals surface area contributed by atoms with Gasteiger partial charge in [0.2, 0.25) is 5.91 Å². The zero-order valence-corrected chi connectivity index (χ0v) is 15.5. The predicted octanol–water partition coefficient (Wildman–Crippen LogP) is 2.45. The molecular formula is C19H21N7O2. The number of urea groups is 1. The molecule has 0 saturated heterocycles. The van der Waals surface area contributed by atoms with Crippen molar-refractivity contribution in [3.8, 4) is 5.69 Å². The third-order valence-corrected chi connectivity index (χ3v) is 3.99. The highest BCUT2D eigenvalue weighted by Gasteiger charge is 2.24. The van der Waals surface area contributed by atoms with Crippen molar-refractivity contribution in [1.82, 2.24) is 25.5 Å². The molecular weight excluding hydrogens is 358 g/mol. The van der Waals surface area contributed by atoms with Crippen LogP contribution in [0.25, 0.3) is 5.69 Å². The van der Waals surface area contributed by atoms with Crippen LogP contribution >= 0.6 is 0 Å². The van der Waals surface area contributed by atoms with Gasteiger partial charge >= 0.3 is 6.03 Å². The standard InChI is InChI=1S/C19H21N7O2/c1-13(2)17(23-19(28)22-14-7-4-3-5-8-14)18(27)21-15-9-6-10-16(11-15)26-12-20-24-25-26/h3-13,17H,1-2H3,(H,21,27)(H2,22,23,28). The average molecular weight is 379 g/mol. The van der Waals surface area contributed by atoms with E-state index < -0.39 is 12.1 Å². The summed E-state index contributed by atoms with van der Waals surface area (Å²) in [5.74, 6) is -0.420. The molecule has 2 aromatic carbocycles. The lowest BCUT2D eigenvalue weighted by atomic mass is 10.0.